The molecule has 4 aromatic rings. The summed E-state index contributed by atoms with van der Waals surface area (Å²) in [6.07, 6.45) is 6.66. The molecule has 0 bridgehead atoms. The number of carboxylic acid groups (broad SMARTS) is 1. The second-order valence-electron chi connectivity index (χ2n) is 9.46. The van der Waals surface area contributed by atoms with Crippen molar-refractivity contribution in [3.63, 3.8) is 0 Å². The van der Waals surface area contributed by atoms with Gasteiger partial charge in [-0.05, 0) is 85.2 Å². The van der Waals surface area contributed by atoms with Gasteiger partial charge in [0, 0.05) is 17.5 Å². The number of carboxylic acids is 1. The minimum absolute atomic E-state index is 0. The van der Waals surface area contributed by atoms with Gasteiger partial charge in [-0.2, -0.15) is 0 Å². The van der Waals surface area contributed by atoms with Crippen LogP contribution in [0.4, 0.5) is 5.13 Å². The van der Waals surface area contributed by atoms with Crippen molar-refractivity contribution in [2.75, 3.05) is 4.90 Å². The molecule has 2 aromatic heterocycles. The number of ether oxygens (including phenoxy) is 1. The van der Waals surface area contributed by atoms with E-state index in [2.05, 4.69) is 24.0 Å². The molecule has 37 heavy (non-hydrogen) atoms. The van der Waals surface area contributed by atoms with Gasteiger partial charge in [-0.1, -0.05) is 25.1 Å². The van der Waals surface area contributed by atoms with Crippen LogP contribution in [0, 0.1) is 5.92 Å². The average Bonchev–Trinajstić information content (AvgIpc) is 3.58. The van der Waals surface area contributed by atoms with Gasteiger partial charge in [0.25, 0.3) is 0 Å². The number of aromatic nitrogens is 1. The van der Waals surface area contributed by atoms with E-state index < -0.39 is 5.97 Å². The van der Waals surface area contributed by atoms with Crippen molar-refractivity contribution < 1.29 is 48.6 Å². The van der Waals surface area contributed by atoms with E-state index in [1.807, 2.05) is 35.7 Å². The fourth-order valence-electron chi connectivity index (χ4n) is 4.59. The Morgan fingerprint density at radius 1 is 1.08 bits per heavy atom. The number of hydrogen-bond acceptors (Lipinski definition) is 7. The molecule has 1 fully saturated rings. The molecule has 186 valence electrons. The second kappa shape index (κ2) is 12.8. The van der Waals surface area contributed by atoms with Crippen molar-refractivity contribution in [1.82, 2.24) is 4.98 Å². The van der Waals surface area contributed by atoms with E-state index in [1.54, 1.807) is 35.8 Å². The Kier molecular flexibility index (Phi) is 9.49. The summed E-state index contributed by atoms with van der Waals surface area (Å²) in [5.74, 6) is 1.33. The van der Waals surface area contributed by atoms with Crippen molar-refractivity contribution in [1.29, 1.82) is 0 Å². The molecule has 2 aromatic carbocycles. The van der Waals surface area contributed by atoms with Gasteiger partial charge in [0.2, 0.25) is 0 Å². The zero-order valence-corrected chi connectivity index (χ0v) is 24.1. The van der Waals surface area contributed by atoms with Gasteiger partial charge in [0.1, 0.15) is 11.5 Å². The molecule has 0 spiro atoms. The van der Waals surface area contributed by atoms with E-state index in [4.69, 9.17) is 14.1 Å². The molecule has 8 heteroatoms. The van der Waals surface area contributed by atoms with E-state index >= 15 is 0 Å². The summed E-state index contributed by atoms with van der Waals surface area (Å²) in [5.41, 5.74) is 2.94. The summed E-state index contributed by atoms with van der Waals surface area (Å²) in [6, 6.07) is 18.8. The number of anilines is 1. The van der Waals surface area contributed by atoms with Gasteiger partial charge < -0.3 is 24.0 Å². The van der Waals surface area contributed by atoms with Crippen molar-refractivity contribution in [3.05, 3.63) is 89.2 Å². The van der Waals surface area contributed by atoms with Crippen LogP contribution in [0.25, 0.3) is 11.3 Å². The molecule has 6 nitrogen and oxygen atoms in total. The normalized spacial score (nSPS) is 17.1. The fourth-order valence-corrected chi connectivity index (χ4v) is 5.42. The molecule has 1 aliphatic carbocycles. The van der Waals surface area contributed by atoms with Gasteiger partial charge in [0.15, 0.2) is 5.13 Å². The summed E-state index contributed by atoms with van der Waals surface area (Å²) in [7, 11) is 0. The van der Waals surface area contributed by atoms with Crippen molar-refractivity contribution >= 4 is 22.4 Å². The molecule has 1 saturated carbocycles. The molecular weight excluding hydrogens is 495 g/mol. The molecule has 0 amide bonds. The first-order valence-corrected chi connectivity index (χ1v) is 13.2. The van der Waals surface area contributed by atoms with Gasteiger partial charge in [-0.25, -0.2) is 4.98 Å². The number of hydrogen-bond donors (Lipinski definition) is 0. The minimum atomic E-state index is -1.18. The largest absolute Gasteiger partial charge is 1.00 e. The quantitative estimate of drug-likeness (QED) is 0.314. The van der Waals surface area contributed by atoms with E-state index in [-0.39, 0.29) is 35.1 Å². The number of carbonyl (C=O) groups is 1. The van der Waals surface area contributed by atoms with Gasteiger partial charge in [-0.3, -0.25) is 0 Å². The van der Waals surface area contributed by atoms with E-state index in [1.165, 1.54) is 12.8 Å². The zero-order chi connectivity index (χ0) is 24.9. The first-order chi connectivity index (χ1) is 17.5. The summed E-state index contributed by atoms with van der Waals surface area (Å²) in [6.45, 7) is 3.32. The number of nitrogens with zero attached hydrogens (tertiary/aromatic N) is 2. The van der Waals surface area contributed by atoms with Gasteiger partial charge in [0.05, 0.1) is 30.6 Å². The Labute approximate surface area is 243 Å². The molecule has 0 radical (unpaired) electrons. The van der Waals surface area contributed by atoms with Crippen LogP contribution >= 0.6 is 11.3 Å². The third kappa shape index (κ3) is 7.26. The van der Waals surface area contributed by atoms with Crippen molar-refractivity contribution in [3.8, 4) is 17.0 Å². The maximum Gasteiger partial charge on any atom is 1.00 e. The number of thiazole rings is 1. The van der Waals surface area contributed by atoms with E-state index in [0.29, 0.717) is 19.2 Å². The Morgan fingerprint density at radius 3 is 2.57 bits per heavy atom. The summed E-state index contributed by atoms with van der Waals surface area (Å²) in [4.78, 5) is 18.3. The van der Waals surface area contributed by atoms with Gasteiger partial charge >= 0.3 is 29.6 Å². The predicted octanol–water partition coefficient (Wildman–Crippen LogP) is 2.93. The first kappa shape index (κ1) is 27.5. The summed E-state index contributed by atoms with van der Waals surface area (Å²) in [5, 5.41) is 14.2. The van der Waals surface area contributed by atoms with E-state index in [0.717, 1.165) is 52.2 Å². The predicted molar refractivity (Wildman–Crippen MR) is 139 cm³/mol. The fraction of sp³-hybridized carbons (Fsp3) is 0.310. The maximum absolute atomic E-state index is 11.3. The number of benzene rings is 2. The van der Waals surface area contributed by atoms with Crippen LogP contribution in [-0.4, -0.2) is 17.1 Å². The third-order valence-electron chi connectivity index (χ3n) is 6.64. The van der Waals surface area contributed by atoms with Crippen LogP contribution in [0.5, 0.6) is 5.75 Å². The van der Waals surface area contributed by atoms with Crippen molar-refractivity contribution in [2.24, 2.45) is 5.92 Å². The molecule has 0 atom stereocenters. The maximum atomic E-state index is 11.3. The minimum Gasteiger partial charge on any atom is -0.545 e. The average molecular weight is 525 g/mol. The number of furan rings is 1. The molecular formula is C29H29N2NaO4S. The Morgan fingerprint density at radius 2 is 1.86 bits per heavy atom. The smallest absolute Gasteiger partial charge is 0.545 e. The SMILES string of the molecule is C[C@H]1CC[C@H](Oc2ccc(-c3csc(N(Cc4cccc(C(=O)[O-])c4)Cc4ccco4)n3)cc2)CC1.[Na+]. The summed E-state index contributed by atoms with van der Waals surface area (Å²) >= 11 is 1.55. The molecule has 0 aliphatic heterocycles. The zero-order valence-electron chi connectivity index (χ0n) is 21.3. The summed E-state index contributed by atoms with van der Waals surface area (Å²) < 4.78 is 11.8. The van der Waals surface area contributed by atoms with Crippen LogP contribution in [0.15, 0.2) is 76.7 Å². The Balaban J connectivity index is 0.00000320. The topological polar surface area (TPSA) is 78.6 Å². The Bertz CT molecular complexity index is 1280. The molecule has 0 saturated heterocycles. The van der Waals surface area contributed by atoms with Crippen molar-refractivity contribution in [2.45, 2.75) is 51.8 Å². The van der Waals surface area contributed by atoms with Crippen LogP contribution in [0.1, 0.15) is 54.3 Å². The standard InChI is InChI=1S/C29H30N2O4S.Na/c1-20-7-11-24(12-8-20)35-25-13-9-22(10-14-25)27-19-36-29(30-27)31(18-26-6-3-15-34-26)17-21-4-2-5-23(16-21)28(32)33;/h2-6,9-10,13-16,19-20,24H,7-8,11-12,17-18H2,1H3,(H,32,33);/q;+1/p-1/t20-,24-;. The second-order valence-corrected chi connectivity index (χ2v) is 10.3. The Hall–Kier alpha value is -2.58. The van der Waals surface area contributed by atoms with Crippen LogP contribution in [0.2, 0.25) is 0 Å². The van der Waals surface area contributed by atoms with Crippen LogP contribution in [0.3, 0.4) is 0 Å². The first-order valence-electron chi connectivity index (χ1n) is 12.3. The molecule has 2 heterocycles. The molecule has 5 rings (SSSR count). The number of carbonyl (C=O) groups excluding carboxylic acids is 1. The van der Waals surface area contributed by atoms with E-state index in [9.17, 15) is 9.90 Å². The van der Waals surface area contributed by atoms with Crippen LogP contribution in [-0.2, 0) is 13.1 Å². The number of aromatic carboxylic acids is 1. The molecule has 0 N–H and O–H groups in total. The monoisotopic (exact) mass is 524 g/mol. The molecule has 0 unspecified atom stereocenters. The van der Waals surface area contributed by atoms with Gasteiger partial charge in [-0.15, -0.1) is 11.3 Å². The number of rotatable bonds is 9. The van der Waals surface area contributed by atoms with Crippen LogP contribution < -0.4 is 44.3 Å². The third-order valence-corrected chi connectivity index (χ3v) is 7.54. The molecule has 1 aliphatic rings.